The number of rotatable bonds is 7. The number of ether oxygens (including phenoxy) is 2. The zero-order valence-corrected chi connectivity index (χ0v) is 11.0. The zero-order chi connectivity index (χ0) is 13.0. The fourth-order valence-electron chi connectivity index (χ4n) is 2.06. The number of hydrogen-bond donors (Lipinski definition) is 0. The minimum absolute atomic E-state index is 0.374. The van der Waals surface area contributed by atoms with Gasteiger partial charge in [-0.05, 0) is 30.9 Å². The zero-order valence-electron chi connectivity index (χ0n) is 11.0. The smallest absolute Gasteiger partial charge is 0.123 e. The van der Waals surface area contributed by atoms with Crippen LogP contribution in [0.3, 0.4) is 0 Å². The number of aryl methyl sites for hydroxylation is 1. The van der Waals surface area contributed by atoms with Gasteiger partial charge in [-0.2, -0.15) is 0 Å². The lowest BCUT2D eigenvalue weighted by Crippen LogP contribution is -2.24. The van der Waals surface area contributed by atoms with Gasteiger partial charge < -0.3 is 14.3 Å². The van der Waals surface area contributed by atoms with Gasteiger partial charge in [0.15, 0.2) is 0 Å². The lowest BCUT2D eigenvalue weighted by molar-refractivity contribution is -0.113. The highest BCUT2D eigenvalue weighted by molar-refractivity contribution is 5.52. The van der Waals surface area contributed by atoms with E-state index in [0.717, 1.165) is 31.3 Å². The van der Waals surface area contributed by atoms with Crippen LogP contribution in [0.1, 0.15) is 30.9 Å². The van der Waals surface area contributed by atoms with Crippen LogP contribution in [-0.4, -0.2) is 26.1 Å². The molecule has 2 rings (SSSR count). The molecule has 1 heterocycles. The Bertz CT molecular complexity index is 395. The number of carbonyl (C=O) groups excluding carboxylic acids is 1. The van der Waals surface area contributed by atoms with Crippen molar-refractivity contribution in [1.82, 2.24) is 0 Å². The molecule has 2 unspecified atom stereocenters. The number of carbonyl (C=O) groups is 1. The summed E-state index contributed by atoms with van der Waals surface area (Å²) in [5, 5.41) is 0. The lowest BCUT2D eigenvalue weighted by atomic mass is 9.91. The molecule has 98 valence electrons. The van der Waals surface area contributed by atoms with Crippen molar-refractivity contribution in [2.75, 3.05) is 13.7 Å². The minimum atomic E-state index is -0.514. The molecule has 2 atom stereocenters. The summed E-state index contributed by atoms with van der Waals surface area (Å²) in [4.78, 5) is 10.7. The van der Waals surface area contributed by atoms with Crippen molar-refractivity contribution < 1.29 is 14.3 Å². The van der Waals surface area contributed by atoms with Crippen molar-refractivity contribution in [3.63, 3.8) is 0 Å². The van der Waals surface area contributed by atoms with Gasteiger partial charge in [0.25, 0.3) is 0 Å². The molecular weight excluding hydrogens is 228 g/mol. The van der Waals surface area contributed by atoms with Gasteiger partial charge in [-0.1, -0.05) is 24.3 Å². The number of epoxide rings is 1. The minimum Gasteiger partial charge on any atom is -0.373 e. The Morgan fingerprint density at radius 2 is 2.11 bits per heavy atom. The number of methoxy groups -OCH3 is 1. The van der Waals surface area contributed by atoms with Gasteiger partial charge in [0.05, 0.1) is 18.3 Å². The van der Waals surface area contributed by atoms with Crippen LogP contribution in [0, 0.1) is 0 Å². The summed E-state index contributed by atoms with van der Waals surface area (Å²) in [6.07, 6.45) is 3.89. The van der Waals surface area contributed by atoms with E-state index in [4.69, 9.17) is 9.47 Å². The maximum absolute atomic E-state index is 10.7. The number of benzene rings is 1. The molecule has 1 aliphatic rings. The maximum atomic E-state index is 10.7. The highest BCUT2D eigenvalue weighted by Crippen LogP contribution is 2.28. The fraction of sp³-hybridized carbons (Fsp3) is 0.533. The lowest BCUT2D eigenvalue weighted by Gasteiger charge is -2.26. The SMILES string of the molecule is COC(C)(CC=O)c1ccc(CCC2CO2)cc1. The molecule has 1 fully saturated rings. The molecule has 0 aliphatic carbocycles. The molecule has 0 radical (unpaired) electrons. The summed E-state index contributed by atoms with van der Waals surface area (Å²) in [5.74, 6) is 0. The predicted molar refractivity (Wildman–Crippen MR) is 69.5 cm³/mol. The van der Waals surface area contributed by atoms with Crippen LogP contribution in [0.25, 0.3) is 0 Å². The van der Waals surface area contributed by atoms with Gasteiger partial charge in [0.2, 0.25) is 0 Å². The molecule has 1 aromatic carbocycles. The van der Waals surface area contributed by atoms with Crippen LogP contribution >= 0.6 is 0 Å². The van der Waals surface area contributed by atoms with E-state index in [1.165, 1.54) is 5.56 Å². The fourth-order valence-corrected chi connectivity index (χ4v) is 2.06. The van der Waals surface area contributed by atoms with E-state index in [9.17, 15) is 4.79 Å². The third kappa shape index (κ3) is 3.18. The molecule has 1 aliphatic heterocycles. The average molecular weight is 248 g/mol. The van der Waals surface area contributed by atoms with Crippen LogP contribution in [0.4, 0.5) is 0 Å². The van der Waals surface area contributed by atoms with Crippen LogP contribution in [0.5, 0.6) is 0 Å². The summed E-state index contributed by atoms with van der Waals surface area (Å²) < 4.78 is 10.7. The highest BCUT2D eigenvalue weighted by Gasteiger charge is 2.26. The number of hydrogen-bond acceptors (Lipinski definition) is 3. The van der Waals surface area contributed by atoms with E-state index in [2.05, 4.69) is 24.3 Å². The Morgan fingerprint density at radius 1 is 1.44 bits per heavy atom. The molecule has 0 N–H and O–H groups in total. The standard InChI is InChI=1S/C15H20O3/c1-15(17-2,9-10-16)13-6-3-12(4-7-13)5-8-14-11-18-14/h3-4,6-7,10,14H,5,8-9,11H2,1-2H3. The molecule has 1 aromatic rings. The van der Waals surface area contributed by atoms with Gasteiger partial charge >= 0.3 is 0 Å². The van der Waals surface area contributed by atoms with Crippen LogP contribution in [0.15, 0.2) is 24.3 Å². The van der Waals surface area contributed by atoms with Crippen molar-refractivity contribution >= 4 is 6.29 Å². The van der Waals surface area contributed by atoms with Gasteiger partial charge in [0.1, 0.15) is 6.29 Å². The second-order valence-electron chi connectivity index (χ2n) is 5.00. The summed E-state index contributed by atoms with van der Waals surface area (Å²) in [6, 6.07) is 8.33. The maximum Gasteiger partial charge on any atom is 0.123 e. The van der Waals surface area contributed by atoms with Crippen LogP contribution in [-0.2, 0) is 26.3 Å². The predicted octanol–water partition coefficient (Wildman–Crippen LogP) is 2.47. The first-order chi connectivity index (χ1) is 8.68. The van der Waals surface area contributed by atoms with Gasteiger partial charge in [-0.25, -0.2) is 0 Å². The summed E-state index contributed by atoms with van der Waals surface area (Å²) in [7, 11) is 1.64. The van der Waals surface area contributed by atoms with Crippen molar-refractivity contribution in [3.05, 3.63) is 35.4 Å². The molecule has 3 heteroatoms. The molecule has 0 spiro atoms. The molecule has 0 aromatic heterocycles. The van der Waals surface area contributed by atoms with E-state index in [1.54, 1.807) is 7.11 Å². The molecule has 18 heavy (non-hydrogen) atoms. The van der Waals surface area contributed by atoms with E-state index in [1.807, 2.05) is 6.92 Å². The summed E-state index contributed by atoms with van der Waals surface area (Å²) in [6.45, 7) is 2.85. The first-order valence-electron chi connectivity index (χ1n) is 6.38. The quantitative estimate of drug-likeness (QED) is 0.549. The second-order valence-corrected chi connectivity index (χ2v) is 5.00. The third-order valence-corrected chi connectivity index (χ3v) is 3.65. The monoisotopic (exact) mass is 248 g/mol. The molecule has 3 nitrogen and oxygen atoms in total. The van der Waals surface area contributed by atoms with E-state index in [-0.39, 0.29) is 0 Å². The van der Waals surface area contributed by atoms with Gasteiger partial charge in [0, 0.05) is 13.5 Å². The van der Waals surface area contributed by atoms with Gasteiger partial charge in [-0.15, -0.1) is 0 Å². The third-order valence-electron chi connectivity index (χ3n) is 3.65. The number of aldehydes is 1. The van der Waals surface area contributed by atoms with E-state index >= 15 is 0 Å². The summed E-state index contributed by atoms with van der Waals surface area (Å²) >= 11 is 0. The largest absolute Gasteiger partial charge is 0.373 e. The van der Waals surface area contributed by atoms with Crippen molar-refractivity contribution in [2.24, 2.45) is 0 Å². The first kappa shape index (κ1) is 13.2. The average Bonchev–Trinajstić information content (AvgIpc) is 3.21. The molecule has 0 saturated carbocycles. The molecular formula is C15H20O3. The normalized spacial score (nSPS) is 21.3. The van der Waals surface area contributed by atoms with Crippen LogP contribution < -0.4 is 0 Å². The summed E-state index contributed by atoms with van der Waals surface area (Å²) in [5.41, 5.74) is 1.84. The Kier molecular flexibility index (Phi) is 4.15. The molecule has 1 saturated heterocycles. The van der Waals surface area contributed by atoms with Crippen molar-refractivity contribution in [3.8, 4) is 0 Å². The van der Waals surface area contributed by atoms with Crippen LogP contribution in [0.2, 0.25) is 0 Å². The Balaban J connectivity index is 2.02. The molecule has 0 bridgehead atoms. The van der Waals surface area contributed by atoms with Crippen molar-refractivity contribution in [2.45, 2.75) is 37.9 Å². The van der Waals surface area contributed by atoms with E-state index in [0.29, 0.717) is 12.5 Å². The Hall–Kier alpha value is -1.19. The Morgan fingerprint density at radius 3 is 2.61 bits per heavy atom. The van der Waals surface area contributed by atoms with Crippen molar-refractivity contribution in [1.29, 1.82) is 0 Å². The highest BCUT2D eigenvalue weighted by atomic mass is 16.6. The topological polar surface area (TPSA) is 38.8 Å². The van der Waals surface area contributed by atoms with Gasteiger partial charge in [-0.3, -0.25) is 0 Å². The first-order valence-corrected chi connectivity index (χ1v) is 6.38. The second kappa shape index (κ2) is 5.63. The van der Waals surface area contributed by atoms with E-state index < -0.39 is 5.60 Å². The molecule has 0 amide bonds. The Labute approximate surface area is 108 Å².